The van der Waals surface area contributed by atoms with Gasteiger partial charge in [-0.05, 0) is 32.9 Å². The van der Waals surface area contributed by atoms with Crippen molar-refractivity contribution in [3.05, 3.63) is 23.9 Å². The smallest absolute Gasteiger partial charge is 0.227 e. The molecule has 1 aliphatic rings. The largest absolute Gasteiger partial charge is 0.379 e. The number of aromatic nitrogens is 1. The number of aliphatic imine (C=N–C) groups is 1. The highest BCUT2D eigenvalue weighted by atomic mass is 127. The fraction of sp³-hybridized carbons (Fsp3) is 0.632. The van der Waals surface area contributed by atoms with Crippen LogP contribution in [0.1, 0.15) is 26.0 Å². The third kappa shape index (κ3) is 9.16. The Hall–Kier alpha value is -1.46. The molecule has 1 fully saturated rings. The highest BCUT2D eigenvalue weighted by Gasteiger charge is 2.16. The molecule has 2 heterocycles. The molecule has 1 amide bonds. The minimum absolute atomic E-state index is 0. The molecule has 3 N–H and O–H groups in total. The van der Waals surface area contributed by atoms with Gasteiger partial charge in [0.05, 0.1) is 19.8 Å². The number of hydrogen-bond acceptors (Lipinski definition) is 5. The van der Waals surface area contributed by atoms with Gasteiger partial charge in [0.25, 0.3) is 0 Å². The molecule has 1 aromatic heterocycles. The number of rotatable bonds is 8. The van der Waals surface area contributed by atoms with Crippen LogP contribution in [-0.4, -0.2) is 73.7 Å². The second-order valence-corrected chi connectivity index (χ2v) is 6.61. The van der Waals surface area contributed by atoms with Crippen LogP contribution < -0.4 is 16.0 Å². The van der Waals surface area contributed by atoms with Gasteiger partial charge in [0.1, 0.15) is 5.82 Å². The Labute approximate surface area is 184 Å². The molecule has 0 aliphatic carbocycles. The molecule has 0 saturated carbocycles. The summed E-state index contributed by atoms with van der Waals surface area (Å²) in [5, 5.41) is 9.26. The predicted octanol–water partition coefficient (Wildman–Crippen LogP) is 1.61. The lowest BCUT2D eigenvalue weighted by Gasteiger charge is -2.31. The number of hydrogen-bond donors (Lipinski definition) is 3. The zero-order chi connectivity index (χ0) is 19.5. The molecule has 2 rings (SSSR count). The van der Waals surface area contributed by atoms with E-state index >= 15 is 0 Å². The second-order valence-electron chi connectivity index (χ2n) is 6.61. The number of nitrogens with one attached hydrogen (secondary N) is 3. The third-order valence-corrected chi connectivity index (χ3v) is 4.33. The Bertz CT molecular complexity index is 622. The first-order chi connectivity index (χ1) is 13.1. The summed E-state index contributed by atoms with van der Waals surface area (Å²) < 4.78 is 5.39. The first kappa shape index (κ1) is 24.6. The van der Waals surface area contributed by atoms with Gasteiger partial charge >= 0.3 is 0 Å². The van der Waals surface area contributed by atoms with Gasteiger partial charge in [-0.2, -0.15) is 0 Å². The van der Waals surface area contributed by atoms with E-state index in [9.17, 15) is 4.79 Å². The monoisotopic (exact) mass is 504 g/mol. The van der Waals surface area contributed by atoms with E-state index in [4.69, 9.17) is 4.74 Å². The standard InChI is InChI=1S/C19H32N6O2.HI/c1-4-20-19(22-14-16(3)25-10-12-27-13-11-25)21-9-8-18(26)24-17-7-5-6-15(2)23-17;/h5-7,16H,4,8-14H2,1-3H3,(H2,20,21,22)(H,23,24,26);1H. The van der Waals surface area contributed by atoms with Crippen molar-refractivity contribution in [3.63, 3.8) is 0 Å². The van der Waals surface area contributed by atoms with Crippen LogP contribution in [0, 0.1) is 6.92 Å². The van der Waals surface area contributed by atoms with Crippen LogP contribution >= 0.6 is 24.0 Å². The molecule has 0 spiro atoms. The predicted molar refractivity (Wildman–Crippen MR) is 123 cm³/mol. The number of guanidine groups is 1. The Morgan fingerprint density at radius 1 is 1.32 bits per heavy atom. The Morgan fingerprint density at radius 2 is 2.07 bits per heavy atom. The van der Waals surface area contributed by atoms with E-state index in [2.05, 4.69) is 37.8 Å². The highest BCUT2D eigenvalue weighted by Crippen LogP contribution is 2.05. The maximum absolute atomic E-state index is 12.1. The zero-order valence-corrected chi connectivity index (χ0v) is 19.4. The molecule has 1 aromatic rings. The summed E-state index contributed by atoms with van der Waals surface area (Å²) in [4.78, 5) is 23.4. The van der Waals surface area contributed by atoms with Crippen LogP contribution in [0.3, 0.4) is 0 Å². The van der Waals surface area contributed by atoms with E-state index in [0.717, 1.165) is 44.5 Å². The van der Waals surface area contributed by atoms with Crippen LogP contribution in [-0.2, 0) is 9.53 Å². The summed E-state index contributed by atoms with van der Waals surface area (Å²) >= 11 is 0. The van der Waals surface area contributed by atoms with E-state index in [0.29, 0.717) is 31.4 Å². The number of pyridine rings is 1. The highest BCUT2D eigenvalue weighted by molar-refractivity contribution is 14.0. The van der Waals surface area contributed by atoms with Crippen molar-refractivity contribution < 1.29 is 9.53 Å². The molecule has 0 radical (unpaired) electrons. The number of amides is 1. The molecule has 158 valence electrons. The maximum atomic E-state index is 12.1. The molecule has 1 atom stereocenters. The van der Waals surface area contributed by atoms with Gasteiger partial charge < -0.3 is 20.7 Å². The number of halogens is 1. The van der Waals surface area contributed by atoms with Crippen molar-refractivity contribution in [1.29, 1.82) is 0 Å². The molecule has 8 nitrogen and oxygen atoms in total. The Balaban J connectivity index is 0.00000392. The van der Waals surface area contributed by atoms with Crippen LogP contribution in [0.25, 0.3) is 0 Å². The summed E-state index contributed by atoms with van der Waals surface area (Å²) in [6.45, 7) is 11.6. The first-order valence-electron chi connectivity index (χ1n) is 9.66. The second kappa shape index (κ2) is 13.7. The summed E-state index contributed by atoms with van der Waals surface area (Å²) in [7, 11) is 0. The molecule has 28 heavy (non-hydrogen) atoms. The lowest BCUT2D eigenvalue weighted by atomic mass is 10.2. The van der Waals surface area contributed by atoms with Crippen molar-refractivity contribution in [2.75, 3.05) is 51.3 Å². The minimum Gasteiger partial charge on any atom is -0.379 e. The van der Waals surface area contributed by atoms with Gasteiger partial charge in [-0.15, -0.1) is 24.0 Å². The molecule has 0 bridgehead atoms. The topological polar surface area (TPSA) is 90.9 Å². The fourth-order valence-electron chi connectivity index (χ4n) is 2.81. The number of morpholine rings is 1. The van der Waals surface area contributed by atoms with Crippen molar-refractivity contribution in [2.45, 2.75) is 33.2 Å². The number of anilines is 1. The average Bonchev–Trinajstić information content (AvgIpc) is 2.66. The summed E-state index contributed by atoms with van der Waals surface area (Å²) in [5.74, 6) is 1.25. The Kier molecular flexibility index (Phi) is 12.0. The van der Waals surface area contributed by atoms with E-state index in [1.54, 1.807) is 6.07 Å². The third-order valence-electron chi connectivity index (χ3n) is 4.33. The molecule has 1 saturated heterocycles. The van der Waals surface area contributed by atoms with Gasteiger partial charge in [-0.1, -0.05) is 6.07 Å². The van der Waals surface area contributed by atoms with Crippen LogP contribution in [0.15, 0.2) is 23.2 Å². The van der Waals surface area contributed by atoms with E-state index in [1.165, 1.54) is 0 Å². The number of carbonyl (C=O) groups excluding carboxylic acids is 1. The molecular weight excluding hydrogens is 471 g/mol. The van der Waals surface area contributed by atoms with Crippen molar-refractivity contribution in [3.8, 4) is 0 Å². The summed E-state index contributed by atoms with van der Waals surface area (Å²) in [6.07, 6.45) is 0.346. The fourth-order valence-corrected chi connectivity index (χ4v) is 2.81. The molecule has 1 unspecified atom stereocenters. The van der Waals surface area contributed by atoms with Gasteiger partial charge in [0.15, 0.2) is 5.96 Å². The van der Waals surface area contributed by atoms with Gasteiger partial charge in [-0.3, -0.25) is 14.7 Å². The van der Waals surface area contributed by atoms with E-state index in [1.807, 2.05) is 26.0 Å². The molecular formula is C19H33IN6O2. The minimum atomic E-state index is -0.0712. The molecule has 9 heteroatoms. The number of nitrogens with zero attached hydrogens (tertiary/aromatic N) is 3. The SMILES string of the molecule is CCNC(=NCC(C)N1CCOCC1)NCCC(=O)Nc1cccc(C)n1.I. The average molecular weight is 504 g/mol. The lowest BCUT2D eigenvalue weighted by Crippen LogP contribution is -2.44. The van der Waals surface area contributed by atoms with Gasteiger partial charge in [-0.25, -0.2) is 4.98 Å². The lowest BCUT2D eigenvalue weighted by molar-refractivity contribution is -0.116. The van der Waals surface area contributed by atoms with Crippen molar-refractivity contribution >= 4 is 41.7 Å². The zero-order valence-electron chi connectivity index (χ0n) is 17.0. The van der Waals surface area contributed by atoms with Crippen molar-refractivity contribution in [1.82, 2.24) is 20.5 Å². The van der Waals surface area contributed by atoms with E-state index < -0.39 is 0 Å². The van der Waals surface area contributed by atoms with Crippen LogP contribution in [0.5, 0.6) is 0 Å². The maximum Gasteiger partial charge on any atom is 0.227 e. The van der Waals surface area contributed by atoms with Crippen LogP contribution in [0.2, 0.25) is 0 Å². The van der Waals surface area contributed by atoms with Gasteiger partial charge in [0.2, 0.25) is 5.91 Å². The quantitative estimate of drug-likeness (QED) is 0.283. The number of carbonyl (C=O) groups is 1. The van der Waals surface area contributed by atoms with E-state index in [-0.39, 0.29) is 29.9 Å². The Morgan fingerprint density at radius 3 is 2.75 bits per heavy atom. The summed E-state index contributed by atoms with van der Waals surface area (Å²) in [6, 6.07) is 5.92. The number of ether oxygens (including phenoxy) is 1. The van der Waals surface area contributed by atoms with Crippen molar-refractivity contribution in [2.24, 2.45) is 4.99 Å². The van der Waals surface area contributed by atoms with Crippen LogP contribution in [0.4, 0.5) is 5.82 Å². The summed E-state index contributed by atoms with van der Waals surface area (Å²) in [5.41, 5.74) is 0.877. The normalized spacial score (nSPS) is 16.0. The first-order valence-corrected chi connectivity index (χ1v) is 9.66. The van der Waals surface area contributed by atoms with Gasteiger partial charge in [0, 0.05) is 44.3 Å². The molecule has 1 aliphatic heterocycles. The molecule has 0 aromatic carbocycles. The number of aryl methyl sites for hydroxylation is 1.